The molecule has 6 nitrogen and oxygen atoms in total. The summed E-state index contributed by atoms with van der Waals surface area (Å²) in [6.07, 6.45) is 7.59. The number of imidazole rings is 1. The Kier molecular flexibility index (Phi) is 4.62. The highest BCUT2D eigenvalue weighted by molar-refractivity contribution is 7.92. The zero-order chi connectivity index (χ0) is 17.3. The smallest absolute Gasteiger partial charge is 0.238 e. The highest BCUT2D eigenvalue weighted by Crippen LogP contribution is 2.19. The lowest BCUT2D eigenvalue weighted by Crippen LogP contribution is -2.42. The Morgan fingerprint density at radius 3 is 2.79 bits per heavy atom. The molecule has 130 valence electrons. The Morgan fingerprint density at radius 1 is 1.42 bits per heavy atom. The molecular formula is C17H23N3O3S. The third-order valence-electron chi connectivity index (χ3n) is 4.69. The van der Waals surface area contributed by atoms with E-state index in [2.05, 4.69) is 10.3 Å². The molecule has 1 atom stereocenters. The molecule has 1 aliphatic carbocycles. The van der Waals surface area contributed by atoms with Gasteiger partial charge in [0.1, 0.15) is 10.9 Å². The highest BCUT2D eigenvalue weighted by atomic mass is 32.2. The molecule has 0 aliphatic heterocycles. The summed E-state index contributed by atoms with van der Waals surface area (Å²) in [4.78, 5) is 16.6. The van der Waals surface area contributed by atoms with Crippen LogP contribution < -0.4 is 5.32 Å². The number of aromatic nitrogens is 2. The lowest BCUT2D eigenvalue weighted by atomic mass is 10.2. The molecule has 1 N–H and O–H groups in total. The number of fused-ring (bicyclic) bond motifs is 1. The third-order valence-corrected chi connectivity index (χ3v) is 6.68. The predicted molar refractivity (Wildman–Crippen MR) is 92.4 cm³/mol. The van der Waals surface area contributed by atoms with Gasteiger partial charge in [-0.15, -0.1) is 0 Å². The number of pyridine rings is 1. The van der Waals surface area contributed by atoms with Gasteiger partial charge in [0, 0.05) is 18.4 Å². The number of hydrogen-bond donors (Lipinski definition) is 1. The van der Waals surface area contributed by atoms with Crippen molar-refractivity contribution in [3.8, 4) is 0 Å². The van der Waals surface area contributed by atoms with Crippen LogP contribution in [0.3, 0.4) is 0 Å². The van der Waals surface area contributed by atoms with Crippen LogP contribution in [-0.2, 0) is 20.4 Å². The first-order valence-electron chi connectivity index (χ1n) is 8.32. The van der Waals surface area contributed by atoms with E-state index >= 15 is 0 Å². The van der Waals surface area contributed by atoms with Gasteiger partial charge in [-0.2, -0.15) is 0 Å². The molecule has 0 radical (unpaired) electrons. The van der Waals surface area contributed by atoms with Crippen molar-refractivity contribution in [3.63, 3.8) is 0 Å². The van der Waals surface area contributed by atoms with Gasteiger partial charge in [-0.05, 0) is 38.3 Å². The fraction of sp³-hybridized carbons (Fsp3) is 0.529. The number of hydrogen-bond acceptors (Lipinski definition) is 4. The monoisotopic (exact) mass is 349 g/mol. The first kappa shape index (κ1) is 17.0. The van der Waals surface area contributed by atoms with Crippen LogP contribution in [0.2, 0.25) is 0 Å². The number of aryl methyl sites for hydroxylation is 1. The molecule has 0 saturated heterocycles. The average molecular weight is 349 g/mol. The molecule has 1 fully saturated rings. The molecule has 1 unspecified atom stereocenters. The molecule has 0 spiro atoms. The van der Waals surface area contributed by atoms with Crippen LogP contribution in [0.15, 0.2) is 24.5 Å². The summed E-state index contributed by atoms with van der Waals surface area (Å²) in [5, 5.41) is 1.80. The summed E-state index contributed by atoms with van der Waals surface area (Å²) in [6.45, 7) is 3.39. The average Bonchev–Trinajstić information content (AvgIpc) is 3.15. The summed E-state index contributed by atoms with van der Waals surface area (Å²) < 4.78 is 26.9. The van der Waals surface area contributed by atoms with Gasteiger partial charge in [0.05, 0.1) is 11.4 Å². The number of sulfone groups is 1. The predicted octanol–water partition coefficient (Wildman–Crippen LogP) is 2.00. The van der Waals surface area contributed by atoms with Crippen molar-refractivity contribution in [1.82, 2.24) is 14.7 Å². The van der Waals surface area contributed by atoms with E-state index < -0.39 is 21.0 Å². The quantitative estimate of drug-likeness (QED) is 0.895. The van der Waals surface area contributed by atoms with E-state index in [1.54, 1.807) is 6.20 Å². The van der Waals surface area contributed by atoms with E-state index in [4.69, 9.17) is 0 Å². The maximum absolute atomic E-state index is 12.6. The highest BCUT2D eigenvalue weighted by Gasteiger charge is 2.31. The summed E-state index contributed by atoms with van der Waals surface area (Å²) >= 11 is 0. The standard InChI is InChI=1S/C17H23N3O3S/c1-12-6-5-9-20-10-15(18-16(12)20)11-24(22,23)13(2)17(21)19-14-7-3-4-8-14/h5-6,9-10,13-14H,3-4,7-8,11H2,1-2H3,(H,19,21). The lowest BCUT2D eigenvalue weighted by Gasteiger charge is -2.16. The first-order chi connectivity index (χ1) is 11.4. The fourth-order valence-corrected chi connectivity index (χ4v) is 4.35. The van der Waals surface area contributed by atoms with Crippen LogP contribution >= 0.6 is 0 Å². The molecular weight excluding hydrogens is 326 g/mol. The SMILES string of the molecule is Cc1cccn2cc(CS(=O)(=O)C(C)C(=O)NC3CCCC3)nc12. The minimum Gasteiger partial charge on any atom is -0.352 e. The Hall–Kier alpha value is -1.89. The topological polar surface area (TPSA) is 80.5 Å². The molecule has 3 rings (SSSR count). The summed E-state index contributed by atoms with van der Waals surface area (Å²) in [5.74, 6) is -0.630. The minimum absolute atomic E-state index is 0.119. The summed E-state index contributed by atoms with van der Waals surface area (Å²) in [6, 6.07) is 3.94. The van der Waals surface area contributed by atoms with Crippen LogP contribution in [0.1, 0.15) is 43.9 Å². The number of carbonyl (C=O) groups excluding carboxylic acids is 1. The zero-order valence-corrected chi connectivity index (χ0v) is 14.8. The van der Waals surface area contributed by atoms with Gasteiger partial charge in [-0.3, -0.25) is 4.79 Å². The minimum atomic E-state index is -3.60. The summed E-state index contributed by atoms with van der Waals surface area (Å²) in [5.41, 5.74) is 2.18. The molecule has 1 saturated carbocycles. The van der Waals surface area contributed by atoms with Crippen molar-refractivity contribution in [1.29, 1.82) is 0 Å². The van der Waals surface area contributed by atoms with Gasteiger partial charge in [0.25, 0.3) is 0 Å². The Balaban J connectivity index is 1.73. The van der Waals surface area contributed by atoms with E-state index in [0.717, 1.165) is 36.9 Å². The van der Waals surface area contributed by atoms with Crippen molar-refractivity contribution < 1.29 is 13.2 Å². The number of nitrogens with one attached hydrogen (secondary N) is 1. The molecule has 0 aromatic carbocycles. The maximum Gasteiger partial charge on any atom is 0.238 e. The van der Waals surface area contributed by atoms with E-state index in [-0.39, 0.29) is 11.8 Å². The van der Waals surface area contributed by atoms with Crippen LogP contribution in [0.5, 0.6) is 0 Å². The van der Waals surface area contributed by atoms with Gasteiger partial charge in [0.15, 0.2) is 9.84 Å². The first-order valence-corrected chi connectivity index (χ1v) is 10.0. The largest absolute Gasteiger partial charge is 0.352 e. The van der Waals surface area contributed by atoms with Crippen LogP contribution in [0.25, 0.3) is 5.65 Å². The molecule has 7 heteroatoms. The molecule has 0 bridgehead atoms. The summed E-state index contributed by atoms with van der Waals surface area (Å²) in [7, 11) is -3.60. The van der Waals surface area contributed by atoms with Gasteiger partial charge in [-0.25, -0.2) is 13.4 Å². The van der Waals surface area contributed by atoms with Crippen molar-refractivity contribution in [2.24, 2.45) is 0 Å². The molecule has 1 amide bonds. The van der Waals surface area contributed by atoms with Crippen LogP contribution in [0.4, 0.5) is 0 Å². The Morgan fingerprint density at radius 2 is 2.12 bits per heavy atom. The molecule has 2 aromatic heterocycles. The second-order valence-electron chi connectivity index (χ2n) is 6.59. The second kappa shape index (κ2) is 6.55. The third kappa shape index (κ3) is 3.45. The van der Waals surface area contributed by atoms with Crippen molar-refractivity contribution in [3.05, 3.63) is 35.8 Å². The maximum atomic E-state index is 12.6. The molecule has 1 aliphatic rings. The fourth-order valence-electron chi connectivity index (χ4n) is 3.16. The number of nitrogens with zero attached hydrogens (tertiary/aromatic N) is 2. The van der Waals surface area contributed by atoms with Gasteiger partial charge in [0.2, 0.25) is 5.91 Å². The lowest BCUT2D eigenvalue weighted by molar-refractivity contribution is -0.121. The van der Waals surface area contributed by atoms with E-state index in [1.165, 1.54) is 6.92 Å². The number of carbonyl (C=O) groups is 1. The van der Waals surface area contributed by atoms with Gasteiger partial charge >= 0.3 is 0 Å². The normalized spacial score (nSPS) is 17.2. The van der Waals surface area contributed by atoms with Crippen LogP contribution in [0, 0.1) is 6.92 Å². The molecule has 2 aromatic rings. The van der Waals surface area contributed by atoms with Gasteiger partial charge < -0.3 is 9.72 Å². The van der Waals surface area contributed by atoms with E-state index in [9.17, 15) is 13.2 Å². The van der Waals surface area contributed by atoms with Crippen LogP contribution in [-0.4, -0.2) is 35.0 Å². The van der Waals surface area contributed by atoms with Crippen molar-refractivity contribution >= 4 is 21.4 Å². The molecule has 2 heterocycles. The Bertz CT molecular complexity index is 851. The Labute approximate surface area is 142 Å². The van der Waals surface area contributed by atoms with E-state index in [0.29, 0.717) is 5.69 Å². The number of rotatable bonds is 5. The van der Waals surface area contributed by atoms with E-state index in [1.807, 2.05) is 29.7 Å². The second-order valence-corrected chi connectivity index (χ2v) is 8.92. The number of amides is 1. The van der Waals surface area contributed by atoms with Crippen molar-refractivity contribution in [2.45, 2.75) is 56.6 Å². The molecule has 24 heavy (non-hydrogen) atoms. The van der Waals surface area contributed by atoms with Crippen molar-refractivity contribution in [2.75, 3.05) is 0 Å². The van der Waals surface area contributed by atoms with Gasteiger partial charge in [-0.1, -0.05) is 18.9 Å². The zero-order valence-electron chi connectivity index (χ0n) is 14.0.